The second kappa shape index (κ2) is 7.96. The van der Waals surface area contributed by atoms with Gasteiger partial charge in [0, 0.05) is 31.2 Å². The molecule has 0 bridgehead atoms. The Balaban J connectivity index is 2.45. The maximum absolute atomic E-state index is 12.0. The molecule has 7 heteroatoms. The van der Waals surface area contributed by atoms with Crippen LogP contribution in [0, 0.1) is 0 Å². The van der Waals surface area contributed by atoms with Gasteiger partial charge in [0.1, 0.15) is 0 Å². The first kappa shape index (κ1) is 16.6. The molecular weight excluding hydrogens is 332 g/mol. The Hall–Kier alpha value is -0.470. The highest BCUT2D eigenvalue weighted by Crippen LogP contribution is 2.14. The highest BCUT2D eigenvalue weighted by molar-refractivity contribution is 9.10. The van der Waals surface area contributed by atoms with Crippen molar-refractivity contribution in [3.63, 3.8) is 0 Å². The number of benzene rings is 1. The molecule has 0 saturated carbocycles. The molecular formula is C12H19BrN2O3S. The van der Waals surface area contributed by atoms with Gasteiger partial charge in [-0.3, -0.25) is 0 Å². The lowest BCUT2D eigenvalue weighted by atomic mass is 10.4. The van der Waals surface area contributed by atoms with Crippen molar-refractivity contribution < 1.29 is 13.2 Å². The van der Waals surface area contributed by atoms with E-state index in [1.807, 2.05) is 11.9 Å². The molecule has 1 rings (SSSR count). The van der Waals surface area contributed by atoms with E-state index >= 15 is 0 Å². The molecule has 0 aliphatic rings. The second-order valence-electron chi connectivity index (χ2n) is 4.15. The van der Waals surface area contributed by atoms with E-state index in [-0.39, 0.29) is 4.90 Å². The third-order valence-corrected chi connectivity index (χ3v) is 4.59. The molecule has 0 unspecified atom stereocenters. The van der Waals surface area contributed by atoms with E-state index in [0.717, 1.165) is 11.0 Å². The van der Waals surface area contributed by atoms with Crippen molar-refractivity contribution in [3.05, 3.63) is 28.7 Å². The van der Waals surface area contributed by atoms with Crippen molar-refractivity contribution in [1.29, 1.82) is 0 Å². The maximum Gasteiger partial charge on any atom is 0.240 e. The number of sulfonamides is 1. The Bertz CT molecular complexity index is 476. The first-order valence-electron chi connectivity index (χ1n) is 5.88. The van der Waals surface area contributed by atoms with E-state index in [1.165, 1.54) is 0 Å². The summed E-state index contributed by atoms with van der Waals surface area (Å²) in [5, 5.41) is 0. The van der Waals surface area contributed by atoms with Crippen LogP contribution in [0.3, 0.4) is 0 Å². The Morgan fingerprint density at radius 2 is 1.89 bits per heavy atom. The SMILES string of the molecule is COCCN(C)CCNS(=O)(=O)c1ccc(Br)cc1. The molecule has 0 atom stereocenters. The molecule has 0 spiro atoms. The first-order valence-corrected chi connectivity index (χ1v) is 8.16. The highest BCUT2D eigenvalue weighted by Gasteiger charge is 2.13. The summed E-state index contributed by atoms with van der Waals surface area (Å²) in [6, 6.07) is 6.56. The normalized spacial score (nSPS) is 12.0. The molecule has 0 aliphatic carbocycles. The average molecular weight is 351 g/mol. The van der Waals surface area contributed by atoms with E-state index in [9.17, 15) is 8.42 Å². The maximum atomic E-state index is 12.0. The topological polar surface area (TPSA) is 58.6 Å². The molecule has 5 nitrogen and oxygen atoms in total. The number of rotatable bonds is 8. The van der Waals surface area contributed by atoms with Crippen molar-refractivity contribution >= 4 is 26.0 Å². The lowest BCUT2D eigenvalue weighted by molar-refractivity contribution is 0.162. The van der Waals surface area contributed by atoms with Gasteiger partial charge in [-0.05, 0) is 31.3 Å². The molecule has 0 fully saturated rings. The van der Waals surface area contributed by atoms with Gasteiger partial charge in [0.2, 0.25) is 10.0 Å². The number of methoxy groups -OCH3 is 1. The van der Waals surface area contributed by atoms with E-state index in [4.69, 9.17) is 4.74 Å². The van der Waals surface area contributed by atoms with Gasteiger partial charge < -0.3 is 9.64 Å². The number of nitrogens with zero attached hydrogens (tertiary/aromatic N) is 1. The Labute approximate surface area is 123 Å². The summed E-state index contributed by atoms with van der Waals surface area (Å²) in [6.07, 6.45) is 0. The van der Waals surface area contributed by atoms with Crippen LogP contribution in [0.25, 0.3) is 0 Å². The van der Waals surface area contributed by atoms with Crippen molar-refractivity contribution in [2.75, 3.05) is 40.4 Å². The van der Waals surface area contributed by atoms with Gasteiger partial charge in [0.25, 0.3) is 0 Å². The van der Waals surface area contributed by atoms with Crippen LogP contribution in [0.1, 0.15) is 0 Å². The second-order valence-corrected chi connectivity index (χ2v) is 6.83. The zero-order valence-electron chi connectivity index (χ0n) is 11.1. The van der Waals surface area contributed by atoms with Crippen molar-refractivity contribution in [3.8, 4) is 0 Å². The molecule has 0 radical (unpaired) electrons. The van der Waals surface area contributed by atoms with Crippen LogP contribution in [0.5, 0.6) is 0 Å². The average Bonchev–Trinajstić information content (AvgIpc) is 2.36. The summed E-state index contributed by atoms with van der Waals surface area (Å²) in [6.45, 7) is 2.42. The summed E-state index contributed by atoms with van der Waals surface area (Å²) in [4.78, 5) is 2.28. The van der Waals surface area contributed by atoms with Gasteiger partial charge in [0.15, 0.2) is 0 Å². The predicted octanol–water partition coefficient (Wildman–Crippen LogP) is 1.31. The summed E-state index contributed by atoms with van der Waals surface area (Å²) in [5.74, 6) is 0. The number of nitrogens with one attached hydrogen (secondary N) is 1. The Morgan fingerprint density at radius 1 is 1.26 bits per heavy atom. The van der Waals surface area contributed by atoms with Gasteiger partial charge in [-0.25, -0.2) is 13.1 Å². The fraction of sp³-hybridized carbons (Fsp3) is 0.500. The number of hydrogen-bond acceptors (Lipinski definition) is 4. The number of ether oxygens (including phenoxy) is 1. The minimum absolute atomic E-state index is 0.273. The van der Waals surface area contributed by atoms with Crippen LogP contribution in [-0.4, -0.2) is 53.7 Å². The predicted molar refractivity (Wildman–Crippen MR) is 78.7 cm³/mol. The van der Waals surface area contributed by atoms with Crippen LogP contribution < -0.4 is 4.72 Å². The Morgan fingerprint density at radius 3 is 2.47 bits per heavy atom. The van der Waals surface area contributed by atoms with Crippen LogP contribution in [0.4, 0.5) is 0 Å². The Kier molecular flexibility index (Phi) is 6.95. The summed E-state index contributed by atoms with van der Waals surface area (Å²) >= 11 is 3.27. The minimum Gasteiger partial charge on any atom is -0.383 e. The zero-order chi connectivity index (χ0) is 14.3. The third-order valence-electron chi connectivity index (χ3n) is 2.59. The smallest absolute Gasteiger partial charge is 0.240 e. The molecule has 1 aromatic carbocycles. The van der Waals surface area contributed by atoms with Crippen LogP contribution in [0.15, 0.2) is 33.6 Å². The molecule has 0 aromatic heterocycles. The van der Waals surface area contributed by atoms with E-state index in [1.54, 1.807) is 31.4 Å². The monoisotopic (exact) mass is 350 g/mol. The molecule has 0 amide bonds. The van der Waals surface area contributed by atoms with Crippen LogP contribution >= 0.6 is 15.9 Å². The lowest BCUT2D eigenvalue weighted by Gasteiger charge is -2.16. The van der Waals surface area contributed by atoms with E-state index in [0.29, 0.717) is 19.7 Å². The zero-order valence-corrected chi connectivity index (χ0v) is 13.5. The molecule has 0 aliphatic heterocycles. The fourth-order valence-corrected chi connectivity index (χ4v) is 2.71. The van der Waals surface area contributed by atoms with Crippen molar-refractivity contribution in [1.82, 2.24) is 9.62 Å². The summed E-state index contributed by atoms with van der Waals surface area (Å²) < 4.78 is 32.3. The number of hydrogen-bond donors (Lipinski definition) is 1. The quantitative estimate of drug-likeness (QED) is 0.767. The highest BCUT2D eigenvalue weighted by atomic mass is 79.9. The molecule has 0 heterocycles. The molecule has 1 aromatic rings. The van der Waals surface area contributed by atoms with Crippen molar-refractivity contribution in [2.24, 2.45) is 0 Å². The fourth-order valence-electron chi connectivity index (χ4n) is 1.43. The van der Waals surface area contributed by atoms with Gasteiger partial charge in [0.05, 0.1) is 11.5 Å². The van der Waals surface area contributed by atoms with Crippen molar-refractivity contribution in [2.45, 2.75) is 4.90 Å². The largest absolute Gasteiger partial charge is 0.383 e. The van der Waals surface area contributed by atoms with Crippen LogP contribution in [-0.2, 0) is 14.8 Å². The summed E-state index contributed by atoms with van der Waals surface area (Å²) in [7, 11) is 0.145. The third kappa shape index (κ3) is 6.01. The van der Waals surface area contributed by atoms with Gasteiger partial charge >= 0.3 is 0 Å². The molecule has 19 heavy (non-hydrogen) atoms. The first-order chi connectivity index (χ1) is 8.95. The van der Waals surface area contributed by atoms with Gasteiger partial charge in [-0.2, -0.15) is 0 Å². The van der Waals surface area contributed by atoms with Gasteiger partial charge in [-0.1, -0.05) is 15.9 Å². The minimum atomic E-state index is -3.42. The molecule has 1 N–H and O–H groups in total. The molecule has 108 valence electrons. The van der Waals surface area contributed by atoms with Crippen LogP contribution in [0.2, 0.25) is 0 Å². The van der Waals surface area contributed by atoms with E-state index < -0.39 is 10.0 Å². The summed E-state index contributed by atoms with van der Waals surface area (Å²) in [5.41, 5.74) is 0. The number of likely N-dealkylation sites (N-methyl/N-ethyl adjacent to an activating group) is 1. The molecule has 0 saturated heterocycles. The van der Waals surface area contributed by atoms with Gasteiger partial charge in [-0.15, -0.1) is 0 Å². The number of halogens is 1. The lowest BCUT2D eigenvalue weighted by Crippen LogP contribution is -2.34. The standard InChI is InChI=1S/C12H19BrN2O3S/c1-15(9-10-18-2)8-7-14-19(16,17)12-5-3-11(13)4-6-12/h3-6,14H,7-10H2,1-2H3. The van der Waals surface area contributed by atoms with E-state index in [2.05, 4.69) is 20.7 Å².